The molecular weight excluding hydrogens is 1040 g/mol. The van der Waals surface area contributed by atoms with Gasteiger partial charge >= 0.3 is 5.97 Å². The van der Waals surface area contributed by atoms with E-state index in [1.165, 1.54) is 379 Å². The van der Waals surface area contributed by atoms with Crippen molar-refractivity contribution < 1.29 is 24.5 Å². The number of carbonyl (C=O) groups excluding carboxylic acids is 2. The number of ether oxygens (including phenoxy) is 1. The fourth-order valence-corrected chi connectivity index (χ4v) is 12.8. The molecule has 6 heteroatoms. The lowest BCUT2D eigenvalue weighted by Crippen LogP contribution is -2.45. The van der Waals surface area contributed by atoms with E-state index in [0.717, 1.165) is 44.9 Å². The summed E-state index contributed by atoms with van der Waals surface area (Å²) < 4.78 is 5.50. The van der Waals surface area contributed by atoms with Crippen LogP contribution in [0.1, 0.15) is 457 Å². The number of esters is 1. The minimum atomic E-state index is -0.663. The summed E-state index contributed by atoms with van der Waals surface area (Å²) in [6.45, 7) is 5.00. The maximum absolute atomic E-state index is 12.6. The van der Waals surface area contributed by atoms with Gasteiger partial charge in [-0.1, -0.05) is 405 Å². The Morgan fingerprint density at radius 2 is 0.553 bits per heavy atom. The van der Waals surface area contributed by atoms with E-state index in [1.54, 1.807) is 0 Å². The van der Waals surface area contributed by atoms with E-state index in [-0.39, 0.29) is 18.5 Å². The minimum Gasteiger partial charge on any atom is -0.466 e. The molecular formula is C79H155NO5. The number of nitrogens with one attached hydrogen (secondary N) is 1. The van der Waals surface area contributed by atoms with Gasteiger partial charge in [0.2, 0.25) is 5.91 Å². The van der Waals surface area contributed by atoms with Gasteiger partial charge in [-0.3, -0.25) is 9.59 Å². The van der Waals surface area contributed by atoms with E-state index in [4.69, 9.17) is 4.74 Å². The first-order chi connectivity index (χ1) is 42.0. The Balaban J connectivity index is 3.34. The maximum Gasteiger partial charge on any atom is 0.305 e. The van der Waals surface area contributed by atoms with Gasteiger partial charge in [0, 0.05) is 12.8 Å². The molecule has 85 heavy (non-hydrogen) atoms. The number of carbonyl (C=O) groups is 2. The summed E-state index contributed by atoms with van der Waals surface area (Å²) in [6, 6.07) is -0.540. The summed E-state index contributed by atoms with van der Waals surface area (Å²) in [5.41, 5.74) is 0. The molecule has 0 saturated heterocycles. The van der Waals surface area contributed by atoms with Crippen LogP contribution in [0.15, 0.2) is 12.2 Å². The Labute approximate surface area is 533 Å². The largest absolute Gasteiger partial charge is 0.466 e. The molecule has 0 aliphatic carbocycles. The van der Waals surface area contributed by atoms with Crippen LogP contribution in [0.4, 0.5) is 0 Å². The molecule has 0 saturated carbocycles. The van der Waals surface area contributed by atoms with Crippen LogP contribution < -0.4 is 5.32 Å². The zero-order valence-electron chi connectivity index (χ0n) is 58.1. The average molecular weight is 1200 g/mol. The highest BCUT2D eigenvalue weighted by Crippen LogP contribution is 2.20. The van der Waals surface area contributed by atoms with Gasteiger partial charge in [0.1, 0.15) is 0 Å². The van der Waals surface area contributed by atoms with Crippen LogP contribution in [0, 0.1) is 0 Å². The molecule has 0 aliphatic heterocycles. The smallest absolute Gasteiger partial charge is 0.305 e. The van der Waals surface area contributed by atoms with Crippen molar-refractivity contribution in [3.05, 3.63) is 12.2 Å². The zero-order valence-corrected chi connectivity index (χ0v) is 58.1. The highest BCUT2D eigenvalue weighted by atomic mass is 16.5. The van der Waals surface area contributed by atoms with Gasteiger partial charge < -0.3 is 20.3 Å². The SMILES string of the molecule is CCCCCCCCC/C=C\CCCCCCCC(=O)OCCCCCCCCCCCCCCCCCCCCCCCCCCCCCCC(=O)NC(CO)C(O)CCCCCCCCCCCCCCCCCCCCCCCCCC. The lowest BCUT2D eigenvalue weighted by molar-refractivity contribution is -0.143. The van der Waals surface area contributed by atoms with Crippen molar-refractivity contribution in [1.82, 2.24) is 5.32 Å². The fourth-order valence-electron chi connectivity index (χ4n) is 12.8. The van der Waals surface area contributed by atoms with Gasteiger partial charge in [-0.05, 0) is 51.4 Å². The Hall–Kier alpha value is -1.40. The highest BCUT2D eigenvalue weighted by molar-refractivity contribution is 5.76. The minimum absolute atomic E-state index is 0.0128. The number of allylic oxidation sites excluding steroid dienone is 2. The fraction of sp³-hybridized carbons (Fsp3) is 0.949. The van der Waals surface area contributed by atoms with Gasteiger partial charge in [0.25, 0.3) is 0 Å². The third-order valence-electron chi connectivity index (χ3n) is 18.8. The van der Waals surface area contributed by atoms with Gasteiger partial charge in [-0.15, -0.1) is 0 Å². The molecule has 6 nitrogen and oxygen atoms in total. The molecule has 0 aliphatic rings. The van der Waals surface area contributed by atoms with Crippen molar-refractivity contribution in [3.8, 4) is 0 Å². The average Bonchev–Trinajstić information content (AvgIpc) is 3.51. The molecule has 0 radical (unpaired) electrons. The number of aliphatic hydroxyl groups is 2. The van der Waals surface area contributed by atoms with Crippen LogP contribution in [0.5, 0.6) is 0 Å². The number of hydrogen-bond donors (Lipinski definition) is 3. The van der Waals surface area contributed by atoms with Crippen LogP contribution >= 0.6 is 0 Å². The number of hydrogen-bond acceptors (Lipinski definition) is 5. The van der Waals surface area contributed by atoms with Crippen LogP contribution in [0.3, 0.4) is 0 Å². The number of aliphatic hydroxyl groups excluding tert-OH is 2. The first kappa shape index (κ1) is 83.6. The second-order valence-electron chi connectivity index (χ2n) is 27.4. The number of rotatable bonds is 75. The Kier molecular flexibility index (Phi) is 73.8. The molecule has 1 amide bonds. The third kappa shape index (κ3) is 71.6. The number of amides is 1. The maximum atomic E-state index is 12.6. The summed E-state index contributed by atoms with van der Waals surface area (Å²) in [7, 11) is 0. The summed E-state index contributed by atoms with van der Waals surface area (Å²) >= 11 is 0. The lowest BCUT2D eigenvalue weighted by Gasteiger charge is -2.22. The molecule has 506 valence electrons. The molecule has 2 unspecified atom stereocenters. The van der Waals surface area contributed by atoms with E-state index in [0.29, 0.717) is 25.9 Å². The molecule has 0 bridgehead atoms. The van der Waals surface area contributed by atoms with E-state index < -0.39 is 12.1 Å². The first-order valence-electron chi connectivity index (χ1n) is 39.4. The summed E-state index contributed by atoms with van der Waals surface area (Å²) in [4.78, 5) is 24.7. The van der Waals surface area contributed by atoms with Crippen LogP contribution in [-0.2, 0) is 14.3 Å². The summed E-state index contributed by atoms with van der Waals surface area (Å²) in [6.07, 6.45) is 94.4. The summed E-state index contributed by atoms with van der Waals surface area (Å²) in [5.74, 6) is -0.0129. The third-order valence-corrected chi connectivity index (χ3v) is 18.8. The van der Waals surface area contributed by atoms with Crippen molar-refractivity contribution in [2.45, 2.75) is 469 Å². The van der Waals surface area contributed by atoms with Crippen molar-refractivity contribution in [2.24, 2.45) is 0 Å². The lowest BCUT2D eigenvalue weighted by atomic mass is 10.0. The zero-order chi connectivity index (χ0) is 61.3. The second kappa shape index (κ2) is 75.1. The topological polar surface area (TPSA) is 95.9 Å². The van der Waals surface area contributed by atoms with Crippen molar-refractivity contribution in [1.29, 1.82) is 0 Å². The van der Waals surface area contributed by atoms with Crippen LogP contribution in [0.2, 0.25) is 0 Å². The van der Waals surface area contributed by atoms with E-state index >= 15 is 0 Å². The predicted molar refractivity (Wildman–Crippen MR) is 375 cm³/mol. The van der Waals surface area contributed by atoms with Crippen molar-refractivity contribution in [2.75, 3.05) is 13.2 Å². The van der Waals surface area contributed by atoms with Gasteiger partial charge in [0.15, 0.2) is 0 Å². The highest BCUT2D eigenvalue weighted by Gasteiger charge is 2.20. The molecule has 0 spiro atoms. The molecule has 0 heterocycles. The first-order valence-corrected chi connectivity index (χ1v) is 39.4. The molecule has 2 atom stereocenters. The Bertz CT molecular complexity index is 1290. The molecule has 0 aromatic rings. The molecule has 0 aromatic carbocycles. The monoisotopic (exact) mass is 1200 g/mol. The van der Waals surface area contributed by atoms with Crippen molar-refractivity contribution >= 4 is 11.9 Å². The van der Waals surface area contributed by atoms with Crippen LogP contribution in [-0.4, -0.2) is 47.4 Å². The Morgan fingerprint density at radius 3 is 0.835 bits per heavy atom. The predicted octanol–water partition coefficient (Wildman–Crippen LogP) is 25.9. The van der Waals surface area contributed by atoms with Crippen molar-refractivity contribution in [3.63, 3.8) is 0 Å². The molecule has 0 fully saturated rings. The van der Waals surface area contributed by atoms with Gasteiger partial charge in [-0.25, -0.2) is 0 Å². The molecule has 0 aromatic heterocycles. The quantitative estimate of drug-likeness (QED) is 0.0320. The summed E-state index contributed by atoms with van der Waals surface area (Å²) in [5, 5.41) is 23.5. The second-order valence-corrected chi connectivity index (χ2v) is 27.4. The molecule has 3 N–H and O–H groups in total. The van der Waals surface area contributed by atoms with E-state index in [9.17, 15) is 19.8 Å². The Morgan fingerprint density at radius 1 is 0.318 bits per heavy atom. The van der Waals surface area contributed by atoms with Gasteiger partial charge in [-0.2, -0.15) is 0 Å². The van der Waals surface area contributed by atoms with E-state index in [1.807, 2.05) is 0 Å². The number of unbranched alkanes of at least 4 members (excludes halogenated alkanes) is 62. The normalized spacial score (nSPS) is 12.5. The van der Waals surface area contributed by atoms with Gasteiger partial charge in [0.05, 0.1) is 25.4 Å². The molecule has 0 rings (SSSR count). The van der Waals surface area contributed by atoms with Crippen LogP contribution in [0.25, 0.3) is 0 Å². The standard InChI is InChI=1S/C79H155NO5/c1-3-5-7-9-11-13-15-17-19-21-22-23-24-31-34-37-40-43-47-51-55-59-63-67-71-77(82)76(75-81)80-78(83)72-68-64-60-56-52-48-44-41-38-35-32-29-27-25-26-28-30-33-36-39-42-46-50-54-58-62-66-70-74-85-79(84)73-69-65-61-57-53-49-45-20-18-16-14-12-10-8-6-4-2/h20,45,76-77,81-82H,3-19,21-44,46-75H2,1-2H3,(H,80,83)/b45-20-. The van der Waals surface area contributed by atoms with E-state index in [2.05, 4.69) is 31.3 Å².